The van der Waals surface area contributed by atoms with Crippen LogP contribution in [0.2, 0.25) is 0 Å². The molecule has 1 aromatic rings. The summed E-state index contributed by atoms with van der Waals surface area (Å²) < 4.78 is 0. The Kier molecular flexibility index (Phi) is 24.7. The maximum atomic E-state index is 12.7. The first-order valence-corrected chi connectivity index (χ1v) is 11.7. The topological polar surface area (TPSA) is 57.6 Å². The van der Waals surface area contributed by atoms with Crippen molar-refractivity contribution in [3.05, 3.63) is 30.3 Å². The van der Waals surface area contributed by atoms with Gasteiger partial charge in [-0.1, -0.05) is 102 Å². The molecule has 0 spiro atoms. The Morgan fingerprint density at radius 2 is 1.23 bits per heavy atom. The zero-order chi connectivity index (χ0) is 21.3. The van der Waals surface area contributed by atoms with Crippen LogP contribution in [0, 0.1) is 0 Å². The Bertz CT molecular complexity index is 571. The SMILES string of the molecule is CCCCCCCCCCCCCCCC(=O)N(c1ccccc1)[C@@H](C)C(=O)O.[K+].[Na+]. The summed E-state index contributed by atoms with van der Waals surface area (Å²) in [5.41, 5.74) is 0.655. The number of carboxylic acid groups (broad SMARTS) is 1. The number of amides is 1. The molecule has 1 amide bonds. The van der Waals surface area contributed by atoms with Crippen molar-refractivity contribution in [3.8, 4) is 0 Å². The first kappa shape index (κ1) is 34.0. The van der Waals surface area contributed by atoms with Crippen LogP contribution in [0.3, 0.4) is 0 Å². The normalized spacial score (nSPS) is 11.2. The van der Waals surface area contributed by atoms with Crippen molar-refractivity contribution in [1.82, 2.24) is 0 Å². The molecule has 0 radical (unpaired) electrons. The van der Waals surface area contributed by atoms with Crippen LogP contribution in [-0.2, 0) is 9.59 Å². The number of anilines is 1. The Hall–Kier alpha value is 0.796. The number of carboxylic acids is 1. The quantitative estimate of drug-likeness (QED) is 0.276. The first-order chi connectivity index (χ1) is 14.1. The van der Waals surface area contributed by atoms with Gasteiger partial charge in [0.05, 0.1) is 0 Å². The van der Waals surface area contributed by atoms with Gasteiger partial charge in [0.15, 0.2) is 0 Å². The van der Waals surface area contributed by atoms with E-state index in [-0.39, 0.29) is 86.8 Å². The molecule has 4 nitrogen and oxygen atoms in total. The molecule has 0 heterocycles. The van der Waals surface area contributed by atoms with Crippen molar-refractivity contribution in [2.45, 2.75) is 110 Å². The third-order valence-corrected chi connectivity index (χ3v) is 5.54. The number of carbonyl (C=O) groups is 2. The molecule has 31 heavy (non-hydrogen) atoms. The molecule has 0 aliphatic heterocycles. The molecule has 1 rings (SSSR count). The largest absolute Gasteiger partial charge is 1.00 e. The Morgan fingerprint density at radius 3 is 1.65 bits per heavy atom. The maximum Gasteiger partial charge on any atom is 1.00 e. The van der Waals surface area contributed by atoms with E-state index in [1.54, 1.807) is 19.1 Å². The molecule has 164 valence electrons. The van der Waals surface area contributed by atoms with Crippen molar-refractivity contribution in [2.24, 2.45) is 0 Å². The molecule has 0 aliphatic carbocycles. The van der Waals surface area contributed by atoms with Gasteiger partial charge in [0.1, 0.15) is 6.04 Å². The molecule has 0 aliphatic rings. The number of carbonyl (C=O) groups excluding carboxylic acids is 1. The fraction of sp³-hybridized carbons (Fsp3) is 0.680. The molecule has 1 atom stereocenters. The molecule has 0 fully saturated rings. The number of hydrogen-bond acceptors (Lipinski definition) is 2. The second-order valence-electron chi connectivity index (χ2n) is 8.11. The molecule has 0 bridgehead atoms. The predicted octanol–water partition coefficient (Wildman–Crippen LogP) is 0.982. The Morgan fingerprint density at radius 1 is 0.806 bits per heavy atom. The number of hydrogen-bond donors (Lipinski definition) is 1. The molecule has 1 N–H and O–H groups in total. The number of unbranched alkanes of at least 4 members (excludes halogenated alkanes) is 12. The molecule has 0 unspecified atom stereocenters. The van der Waals surface area contributed by atoms with E-state index in [2.05, 4.69) is 6.92 Å². The Balaban J connectivity index is 0. The zero-order valence-electron chi connectivity index (χ0n) is 20.6. The second-order valence-corrected chi connectivity index (χ2v) is 8.11. The van der Waals surface area contributed by atoms with Gasteiger partial charge in [0.25, 0.3) is 0 Å². The van der Waals surface area contributed by atoms with Gasteiger partial charge in [0.2, 0.25) is 5.91 Å². The van der Waals surface area contributed by atoms with Gasteiger partial charge in [0, 0.05) is 12.1 Å². The summed E-state index contributed by atoms with van der Waals surface area (Å²) in [7, 11) is 0. The van der Waals surface area contributed by atoms with E-state index >= 15 is 0 Å². The number of para-hydroxylation sites is 1. The molecular formula is C25H41KNNaO3+2. The third-order valence-electron chi connectivity index (χ3n) is 5.54. The van der Waals surface area contributed by atoms with E-state index in [1.807, 2.05) is 18.2 Å². The summed E-state index contributed by atoms with van der Waals surface area (Å²) in [4.78, 5) is 25.5. The monoisotopic (exact) mass is 465 g/mol. The van der Waals surface area contributed by atoms with Gasteiger partial charge in [-0.3, -0.25) is 9.69 Å². The van der Waals surface area contributed by atoms with Gasteiger partial charge in [-0.05, 0) is 25.5 Å². The van der Waals surface area contributed by atoms with Crippen molar-refractivity contribution >= 4 is 17.6 Å². The van der Waals surface area contributed by atoms with Crippen LogP contribution in [0.5, 0.6) is 0 Å². The molecule has 0 aromatic heterocycles. The summed E-state index contributed by atoms with van der Waals surface area (Å²) in [6.07, 6.45) is 16.8. The number of benzene rings is 1. The number of nitrogens with zero attached hydrogens (tertiary/aromatic N) is 1. The summed E-state index contributed by atoms with van der Waals surface area (Å²) in [5.74, 6) is -1.08. The van der Waals surface area contributed by atoms with Crippen LogP contribution in [-0.4, -0.2) is 23.0 Å². The molecular weight excluding hydrogens is 424 g/mol. The fourth-order valence-electron chi connectivity index (χ4n) is 3.70. The average Bonchev–Trinajstić information content (AvgIpc) is 2.72. The molecule has 6 heteroatoms. The number of rotatable bonds is 17. The van der Waals surface area contributed by atoms with Gasteiger partial charge in [-0.15, -0.1) is 0 Å². The molecule has 1 aromatic carbocycles. The van der Waals surface area contributed by atoms with Crippen LogP contribution < -0.4 is 85.8 Å². The third kappa shape index (κ3) is 16.1. The van der Waals surface area contributed by atoms with Gasteiger partial charge >= 0.3 is 86.9 Å². The van der Waals surface area contributed by atoms with Crippen LogP contribution in [0.25, 0.3) is 0 Å². The van der Waals surface area contributed by atoms with Crippen molar-refractivity contribution in [2.75, 3.05) is 4.90 Å². The van der Waals surface area contributed by atoms with Gasteiger partial charge in [-0.25, -0.2) is 4.79 Å². The maximum absolute atomic E-state index is 12.7. The number of aliphatic carboxylic acids is 1. The van der Waals surface area contributed by atoms with Crippen molar-refractivity contribution in [1.29, 1.82) is 0 Å². The summed E-state index contributed by atoms with van der Waals surface area (Å²) in [5, 5.41) is 9.35. The van der Waals surface area contributed by atoms with Crippen molar-refractivity contribution < 1.29 is 95.6 Å². The minimum atomic E-state index is -0.979. The van der Waals surface area contributed by atoms with Gasteiger partial charge < -0.3 is 5.11 Å². The van der Waals surface area contributed by atoms with E-state index in [4.69, 9.17) is 0 Å². The van der Waals surface area contributed by atoms with Crippen LogP contribution in [0.1, 0.15) is 104 Å². The van der Waals surface area contributed by atoms with Crippen LogP contribution in [0.4, 0.5) is 5.69 Å². The van der Waals surface area contributed by atoms with E-state index in [0.29, 0.717) is 12.1 Å². The molecule has 0 saturated heterocycles. The van der Waals surface area contributed by atoms with E-state index < -0.39 is 12.0 Å². The van der Waals surface area contributed by atoms with E-state index in [0.717, 1.165) is 19.3 Å². The summed E-state index contributed by atoms with van der Waals surface area (Å²) in [6, 6.07) is 8.25. The average molecular weight is 466 g/mol. The Labute approximate surface area is 255 Å². The van der Waals surface area contributed by atoms with E-state index in [9.17, 15) is 14.7 Å². The summed E-state index contributed by atoms with van der Waals surface area (Å²) >= 11 is 0. The second kappa shape index (κ2) is 22.6. The minimum Gasteiger partial charge on any atom is -0.480 e. The van der Waals surface area contributed by atoms with E-state index in [1.165, 1.54) is 69.1 Å². The fourth-order valence-corrected chi connectivity index (χ4v) is 3.70. The van der Waals surface area contributed by atoms with Crippen LogP contribution in [0.15, 0.2) is 30.3 Å². The van der Waals surface area contributed by atoms with Gasteiger partial charge in [-0.2, -0.15) is 0 Å². The van der Waals surface area contributed by atoms with Crippen molar-refractivity contribution in [3.63, 3.8) is 0 Å². The molecule has 0 saturated carbocycles. The smallest absolute Gasteiger partial charge is 0.480 e. The standard InChI is InChI=1S/C25H41NO3.K.Na/c1-3-4-5-6-7-8-9-10-11-12-13-14-18-21-24(27)26(22(2)25(28)29)23-19-16-15-17-20-23;;/h15-17,19-20,22H,3-14,18,21H2,1-2H3,(H,28,29);;/q;2*+1/t22-;;/m0../s1. The predicted molar refractivity (Wildman–Crippen MR) is 121 cm³/mol. The van der Waals surface area contributed by atoms with Crippen LogP contribution >= 0.6 is 0 Å². The zero-order valence-corrected chi connectivity index (χ0v) is 25.7. The summed E-state index contributed by atoms with van der Waals surface area (Å²) in [6.45, 7) is 3.82. The minimum absolute atomic E-state index is 0. The first-order valence-electron chi connectivity index (χ1n) is 11.7.